The molecule has 1 unspecified atom stereocenters. The Kier molecular flexibility index (Phi) is 638. The molecule has 3 nitrogen and oxygen atoms in total. The Labute approximate surface area is 1230 Å². The first-order valence-corrected chi connectivity index (χ1v) is 277. The van der Waals surface area contributed by atoms with Gasteiger partial charge in [0.1, 0.15) is 0 Å². The summed E-state index contributed by atoms with van der Waals surface area (Å²) in [5.41, 5.74) is 0.609. The number of hydrogen-bond acceptors (Lipinski definition) is 2. The van der Waals surface area contributed by atoms with E-state index >= 15 is 0 Å². The monoisotopic (exact) mass is 1670 g/mol. The van der Waals surface area contributed by atoms with Gasteiger partial charge in [-0.15, -0.1) is 0 Å². The van der Waals surface area contributed by atoms with Gasteiger partial charge in [0.2, 0.25) is 0 Å². The largest absolute Gasteiger partial charge is 0.693 e. The zero-order chi connectivity index (χ0) is 44.2. The van der Waals surface area contributed by atoms with E-state index in [9.17, 15) is 18.0 Å². The van der Waals surface area contributed by atoms with Crippen LogP contribution in [0, 0.1) is 0 Å². The molecule has 0 heterocycles. The van der Waals surface area contributed by atoms with E-state index in [1.807, 2.05) is 4.84 Å². The molecular formula is C10H12ClF3K36N2O+2. The molecule has 1 atom stereocenters. The van der Waals surface area contributed by atoms with E-state index in [0.29, 0.717) is 5.56 Å². The molecule has 0 aliphatic carbocycles. The van der Waals surface area contributed by atoms with Gasteiger partial charge >= 0.3 is 1220 Å². The summed E-state index contributed by atoms with van der Waals surface area (Å²) in [7, 11) is 0. The van der Waals surface area contributed by atoms with Gasteiger partial charge in [-0.2, -0.15) is 13.2 Å². The molecule has 1 aromatic rings. The molecule has 0 saturated carbocycles. The molecule has 0 aromatic heterocycles. The maximum atomic E-state index is 12.1. The fraction of sp³-hybridized carbons (Fsp3) is 0.300. The molecule has 0 fully saturated rings. The van der Waals surface area contributed by atoms with E-state index in [4.69, 9.17) is 11.8 Å². The predicted molar refractivity (Wildman–Crippen MR) is 245 cm³/mol. The van der Waals surface area contributed by atoms with Gasteiger partial charge in [-0.3, -0.25) is 4.79 Å². The third-order valence-corrected chi connectivity index (χ3v) is 2.27. The molecule has 0 aliphatic heterocycles. The Morgan fingerprint density at radius 2 is 0.660 bits per heavy atom. The molecule has 0 radical (unpaired) electrons. The van der Waals surface area contributed by atoms with Crippen LogP contribution in [0.15, 0.2) is 30.3 Å². The second-order valence-corrected chi connectivity index (χ2v) is 3.43. The van der Waals surface area contributed by atoms with Crippen LogP contribution in [0.1, 0.15) is 6.99 Å². The zero-order valence-electron chi connectivity index (χ0n) is 45.7. The molecule has 1 aromatic carbocycles. The summed E-state index contributed by atoms with van der Waals surface area (Å²) in [6.07, 6.45) is -4.97. The number of halogens is 4. The molecule has 0 amide bonds. The van der Waals surface area contributed by atoms with Crippen molar-refractivity contribution < 1.29 is 225 Å². The molecular weight excluding hydrogens is 1660 g/mol. The summed E-state index contributed by atoms with van der Waals surface area (Å²) >= 11 is 45.1. The van der Waals surface area contributed by atoms with E-state index in [2.05, 4.69) is 0 Å². The topological polar surface area (TPSA) is 62.6 Å². The fourth-order valence-corrected chi connectivity index (χ4v) is 1.40. The van der Waals surface area contributed by atoms with Crippen molar-refractivity contribution in [3.63, 3.8) is 0 Å². The molecule has 0 spiro atoms. The SMILES string of the molecule is O=C(C(Cc1ccccc1)NCl)C(F)(F)F.[H-].[K+].[K+].[K+].[K+].[K][K].[K][K].[K][K].[K][K].[K][K].[K][K].[K][K].[K][K].[K][K].[K][K].[K][K].[K][K].[K][K].[K][K].[K][K].[K][K].[NH2-]. The van der Waals surface area contributed by atoms with E-state index in [0.717, 1.165) is 0 Å². The quantitative estimate of drug-likeness (QED) is 0.241. The minimum atomic E-state index is -4.87. The first kappa shape index (κ1) is 166. The van der Waals surface area contributed by atoms with Gasteiger partial charge < -0.3 is 7.58 Å². The minimum absolute atomic E-state index is 0. The third-order valence-electron chi connectivity index (χ3n) is 2.01. The van der Waals surface area contributed by atoms with E-state index in [1.165, 1.54) is 1010 Å². The van der Waals surface area contributed by atoms with Crippen LogP contribution in [0.5, 0.6) is 0 Å². The zero-order valence-corrected chi connectivity index (χ0v) is 158. The van der Waals surface area contributed by atoms with Crippen molar-refractivity contribution in [2.75, 3.05) is 0 Å². The number of nitrogens with two attached hydrogens (primary N) is 1. The number of carbonyl (C=O) groups excluding carboxylic acids is 1. The molecule has 53 heavy (non-hydrogen) atoms. The van der Waals surface area contributed by atoms with Crippen molar-refractivity contribution in [3.05, 3.63) is 42.0 Å². The normalized spacial score (nSPS) is 6.49. The molecule has 0 aliphatic rings. The Morgan fingerprint density at radius 1 is 0.491 bits per heavy atom. The molecule has 3 N–H and O–H groups in total. The number of alkyl halides is 3. The van der Waals surface area contributed by atoms with Crippen molar-refractivity contribution in [1.82, 2.24) is 4.84 Å². The van der Waals surface area contributed by atoms with Crippen molar-refractivity contribution in [1.29, 1.82) is 0 Å². The van der Waals surface area contributed by atoms with E-state index < -0.39 is 18.0 Å². The number of benzene rings is 1. The Morgan fingerprint density at radius 3 is 0.792 bits per heavy atom. The maximum absolute atomic E-state index is 12.1. The predicted octanol–water partition coefficient (Wildman–Crippen LogP) is -20.9. The van der Waals surface area contributed by atoms with Crippen molar-refractivity contribution in [2.24, 2.45) is 0 Å². The molecule has 0 saturated heterocycles. The van der Waals surface area contributed by atoms with Gasteiger partial charge in [0, 0.05) is 0 Å². The van der Waals surface area contributed by atoms with Crippen LogP contribution in [0.3, 0.4) is 0 Å². The summed E-state index contributed by atoms with van der Waals surface area (Å²) in [6, 6.07) is 6.90. The summed E-state index contributed by atoms with van der Waals surface area (Å²) in [5, 5.41) is 0. The summed E-state index contributed by atoms with van der Waals surface area (Å²) in [5.74, 6) is -1.87. The number of nitrogens with one attached hydrogen (secondary N) is 1. The van der Waals surface area contributed by atoms with E-state index in [1.54, 1.807) is 30.3 Å². The smallest absolute Gasteiger partial charge is 0.693 e. The number of rotatable bonds is 4. The minimum Gasteiger partial charge on any atom is -0.693 e. The maximum Gasteiger partial charge on any atom is -0.693 e. The second kappa shape index (κ2) is 204. The number of hydrogen-bond donors (Lipinski definition) is 1. The second-order valence-electron chi connectivity index (χ2n) is 3.21. The molecule has 0 bridgehead atoms. The van der Waals surface area contributed by atoms with Crippen LogP contribution >= 0.6 is 11.8 Å². The van der Waals surface area contributed by atoms with Crippen LogP contribution in [0.25, 0.3) is 6.15 Å². The number of carbonyl (C=O) groups is 1. The van der Waals surface area contributed by atoms with Gasteiger partial charge in [0.25, 0.3) is 5.78 Å². The Balaban J connectivity index is -0.0000000117. The average Bonchev–Trinajstić information content (AvgIpc) is 3.25. The van der Waals surface area contributed by atoms with Crippen LogP contribution in [-0.4, -0.2) is 1030 Å². The molecule has 43 heteroatoms. The van der Waals surface area contributed by atoms with Crippen LogP contribution in [0.2, 0.25) is 0 Å². The molecule has 130 valence electrons. The third kappa shape index (κ3) is 191. The number of Topliss-reactive ketones (excluding diaryl/α,β-unsaturated/α-hetero) is 1. The Bertz CT molecular complexity index is 411. The summed E-state index contributed by atoms with van der Waals surface area (Å²) in [6.45, 7) is 0. The van der Waals surface area contributed by atoms with Crippen LogP contribution in [-0.2, 0) is 11.2 Å². The molecule has 1 rings (SSSR count). The van der Waals surface area contributed by atoms with Crippen molar-refractivity contribution in [3.8, 4) is 0 Å². The van der Waals surface area contributed by atoms with Crippen LogP contribution < -0.4 is 210 Å². The van der Waals surface area contributed by atoms with Gasteiger partial charge in [-0.25, -0.2) is 4.84 Å². The fourth-order valence-electron chi connectivity index (χ4n) is 1.23. The van der Waals surface area contributed by atoms with Crippen LogP contribution in [0.4, 0.5) is 13.2 Å². The van der Waals surface area contributed by atoms with E-state index in [-0.39, 0.29) is 220 Å². The number of ketones is 1. The van der Waals surface area contributed by atoms with Gasteiger partial charge in [0.15, 0.2) is 0 Å². The first-order chi connectivity index (χ1) is 23.4. The Hall–Kier alpha value is 57.8. The summed E-state index contributed by atoms with van der Waals surface area (Å²) < 4.78 is 36.4. The van der Waals surface area contributed by atoms with Gasteiger partial charge in [-0.1, -0.05) is 30.3 Å². The van der Waals surface area contributed by atoms with Crippen molar-refractivity contribution >= 4 is 1030 Å². The van der Waals surface area contributed by atoms with Crippen molar-refractivity contribution in [2.45, 2.75) is 18.6 Å². The first-order valence-electron chi connectivity index (χ1n) is 20.5. The van der Waals surface area contributed by atoms with Gasteiger partial charge in [0.05, 0.1) is 6.04 Å². The summed E-state index contributed by atoms with van der Waals surface area (Å²) in [4.78, 5) is 12.8. The van der Waals surface area contributed by atoms with Gasteiger partial charge in [-0.05, 0) is 23.8 Å². The average molecular weight is 1680 g/mol. The standard InChI is InChI=1S/C10H9ClF3NO.36K.H2N.H/c11-15-8(9(16)10(12,13)14)6-7-4-2-1-3-5-7;;;;;;;;;;;;;;;;;;;;;;;;;;;;;;;;;;;;;;/h1-5,8,15H,6H2;;;;;;;;;;;;;;;;;;;;;;;;;;;;;;;;;;;;;1H2;/q;;;;;;;;;;;;;;;;;;;;;;;;;;;;;;;;;4*+1;2*-1.